The summed E-state index contributed by atoms with van der Waals surface area (Å²) in [5.74, 6) is -0.526. The Bertz CT molecular complexity index is 1370. The number of carbonyl (C=O) groups is 2. The molecule has 0 saturated carbocycles. The van der Waals surface area contributed by atoms with E-state index in [0.29, 0.717) is 11.0 Å². The first-order valence-corrected chi connectivity index (χ1v) is 10.6. The minimum atomic E-state index is -0.575. The molecular weight excluding hydrogens is 488 g/mol. The number of fused-ring (bicyclic) bond motifs is 1. The highest BCUT2D eigenvalue weighted by molar-refractivity contribution is 9.10. The number of amides is 2. The van der Waals surface area contributed by atoms with Crippen molar-refractivity contribution in [3.8, 4) is 0 Å². The summed E-state index contributed by atoms with van der Waals surface area (Å²) in [4.78, 5) is 49.8. The molecule has 0 N–H and O–H groups in total. The van der Waals surface area contributed by atoms with Crippen LogP contribution in [0.15, 0.2) is 50.6 Å². The van der Waals surface area contributed by atoms with Gasteiger partial charge in [-0.3, -0.25) is 33.7 Å². The van der Waals surface area contributed by atoms with E-state index in [2.05, 4.69) is 15.9 Å². The van der Waals surface area contributed by atoms with E-state index < -0.39 is 16.1 Å². The number of carbonyl (C=O) groups excluding carboxylic acids is 2. The van der Waals surface area contributed by atoms with Crippen molar-refractivity contribution in [2.24, 2.45) is 14.1 Å². The summed E-state index contributed by atoms with van der Waals surface area (Å²) in [6, 6.07) is 10.0. The normalized spacial score (nSPS) is 15.5. The van der Waals surface area contributed by atoms with Gasteiger partial charge in [0, 0.05) is 24.6 Å². The summed E-state index contributed by atoms with van der Waals surface area (Å²) in [6.45, 7) is 0.0811. The molecule has 3 aromatic rings. The smallest absolute Gasteiger partial charge is 0.295 e. The molecule has 0 aliphatic carbocycles. The molecule has 1 saturated heterocycles. The second-order valence-electron chi connectivity index (χ2n) is 6.92. The predicted molar refractivity (Wildman–Crippen MR) is 120 cm³/mol. The minimum Gasteiger partial charge on any atom is -0.295 e. The number of imide groups is 1. The van der Waals surface area contributed by atoms with Crippen LogP contribution in [0.5, 0.6) is 0 Å². The van der Waals surface area contributed by atoms with Gasteiger partial charge in [0.05, 0.1) is 33.0 Å². The molecule has 2 aromatic carbocycles. The van der Waals surface area contributed by atoms with E-state index in [1.807, 2.05) is 12.1 Å². The van der Waals surface area contributed by atoms with Gasteiger partial charge in [-0.15, -0.1) is 0 Å². The van der Waals surface area contributed by atoms with Crippen LogP contribution >= 0.6 is 27.7 Å². The number of hydrogen-bond acceptors (Lipinski definition) is 6. The number of halogens is 1. The lowest BCUT2D eigenvalue weighted by molar-refractivity contribution is -0.385. The fourth-order valence-electron chi connectivity index (χ4n) is 3.40. The van der Waals surface area contributed by atoms with Crippen LogP contribution < -0.4 is 5.69 Å². The second-order valence-corrected chi connectivity index (χ2v) is 8.76. The molecule has 0 atom stereocenters. The van der Waals surface area contributed by atoms with Crippen molar-refractivity contribution >= 4 is 61.6 Å². The Morgan fingerprint density at radius 3 is 2.39 bits per heavy atom. The number of benzene rings is 2. The molecule has 4 rings (SSSR count). The largest absolute Gasteiger partial charge is 0.328 e. The Morgan fingerprint density at radius 1 is 1.10 bits per heavy atom. The van der Waals surface area contributed by atoms with Gasteiger partial charge in [-0.25, -0.2) is 4.79 Å². The van der Waals surface area contributed by atoms with E-state index in [0.717, 1.165) is 26.7 Å². The van der Waals surface area contributed by atoms with Crippen molar-refractivity contribution in [1.29, 1.82) is 0 Å². The van der Waals surface area contributed by atoms with E-state index >= 15 is 0 Å². The molecule has 0 radical (unpaired) electrons. The average Bonchev–Trinajstić information content (AvgIpc) is 3.11. The summed E-state index contributed by atoms with van der Waals surface area (Å²) in [5.41, 5.74) is 1.21. The van der Waals surface area contributed by atoms with E-state index in [1.165, 1.54) is 34.4 Å². The minimum absolute atomic E-state index is 0.0811. The second kappa shape index (κ2) is 7.82. The first kappa shape index (κ1) is 21.1. The van der Waals surface area contributed by atoms with E-state index in [-0.39, 0.29) is 28.4 Å². The van der Waals surface area contributed by atoms with Crippen molar-refractivity contribution in [1.82, 2.24) is 14.0 Å². The third-order valence-corrected chi connectivity index (χ3v) is 6.74. The topological polar surface area (TPSA) is 107 Å². The summed E-state index contributed by atoms with van der Waals surface area (Å²) in [7, 11) is 3.09. The molecule has 2 amide bonds. The average molecular weight is 503 g/mol. The Morgan fingerprint density at radius 2 is 1.74 bits per heavy atom. The third-order valence-electron chi connectivity index (χ3n) is 5.06. The number of nitro benzene ring substituents is 1. The summed E-state index contributed by atoms with van der Waals surface area (Å²) in [6.07, 6.45) is 1.33. The van der Waals surface area contributed by atoms with Gasteiger partial charge in [0.25, 0.3) is 16.8 Å². The SMILES string of the molecule is Cn1c(=O)n(C)c2cc([N+](=O)[O-])c(/C=C3\SC(=O)N(Cc4ccccc4Br)C3=O)cc21. The highest BCUT2D eigenvalue weighted by Crippen LogP contribution is 2.36. The van der Waals surface area contributed by atoms with Crippen LogP contribution in [0.3, 0.4) is 0 Å². The quantitative estimate of drug-likeness (QED) is 0.305. The molecule has 1 fully saturated rings. The molecular formula is C20H15BrN4O5S. The van der Waals surface area contributed by atoms with Crippen LogP contribution in [0.25, 0.3) is 17.1 Å². The first-order chi connectivity index (χ1) is 14.7. The molecule has 0 spiro atoms. The lowest BCUT2D eigenvalue weighted by Crippen LogP contribution is -2.27. The maximum absolute atomic E-state index is 12.9. The molecule has 31 heavy (non-hydrogen) atoms. The zero-order valence-corrected chi connectivity index (χ0v) is 18.8. The highest BCUT2D eigenvalue weighted by atomic mass is 79.9. The molecule has 1 aromatic heterocycles. The summed E-state index contributed by atoms with van der Waals surface area (Å²) >= 11 is 4.13. The Kier molecular flexibility index (Phi) is 5.31. The summed E-state index contributed by atoms with van der Waals surface area (Å²) < 4.78 is 3.45. The zero-order valence-electron chi connectivity index (χ0n) is 16.4. The number of aryl methyl sites for hydroxylation is 2. The van der Waals surface area contributed by atoms with Crippen molar-refractivity contribution in [3.63, 3.8) is 0 Å². The van der Waals surface area contributed by atoms with Crippen molar-refractivity contribution in [2.75, 3.05) is 0 Å². The van der Waals surface area contributed by atoms with Crippen LogP contribution in [0.4, 0.5) is 10.5 Å². The molecule has 0 unspecified atom stereocenters. The number of aromatic nitrogens is 2. The Labute approximate surface area is 188 Å². The maximum atomic E-state index is 12.9. The fraction of sp³-hybridized carbons (Fsp3) is 0.150. The zero-order chi connectivity index (χ0) is 22.4. The van der Waals surface area contributed by atoms with Crippen molar-refractivity contribution in [2.45, 2.75) is 6.54 Å². The predicted octanol–water partition coefficient (Wildman–Crippen LogP) is 3.78. The van der Waals surface area contributed by atoms with Crippen LogP contribution in [0.1, 0.15) is 11.1 Å². The molecule has 11 heteroatoms. The Balaban J connectivity index is 1.77. The van der Waals surface area contributed by atoms with Crippen LogP contribution in [-0.4, -0.2) is 30.1 Å². The van der Waals surface area contributed by atoms with E-state index in [4.69, 9.17) is 0 Å². The maximum Gasteiger partial charge on any atom is 0.328 e. The standard InChI is InChI=1S/C20H15BrN4O5S/c1-22-15-7-12(14(25(29)30)9-16(15)23(2)19(22)27)8-17-18(26)24(20(28)31-17)10-11-5-3-4-6-13(11)21/h3-9H,10H2,1-2H3/b17-8-. The number of imidazole rings is 1. The molecule has 2 heterocycles. The van der Waals surface area contributed by atoms with Gasteiger partial charge in [-0.05, 0) is 35.5 Å². The lowest BCUT2D eigenvalue weighted by atomic mass is 10.1. The molecule has 9 nitrogen and oxygen atoms in total. The van der Waals surface area contributed by atoms with Gasteiger partial charge < -0.3 is 0 Å². The van der Waals surface area contributed by atoms with Gasteiger partial charge in [-0.1, -0.05) is 34.1 Å². The highest BCUT2D eigenvalue weighted by Gasteiger charge is 2.36. The van der Waals surface area contributed by atoms with E-state index in [1.54, 1.807) is 19.2 Å². The Hall–Kier alpha value is -3.18. The van der Waals surface area contributed by atoms with Crippen molar-refractivity contribution in [3.05, 3.63) is 77.5 Å². The van der Waals surface area contributed by atoms with Gasteiger partial charge in [-0.2, -0.15) is 0 Å². The number of nitro groups is 1. The van der Waals surface area contributed by atoms with Crippen molar-refractivity contribution < 1.29 is 14.5 Å². The number of thioether (sulfide) groups is 1. The van der Waals surface area contributed by atoms with Gasteiger partial charge >= 0.3 is 5.69 Å². The molecule has 0 bridgehead atoms. The molecule has 1 aliphatic rings. The van der Waals surface area contributed by atoms with Gasteiger partial charge in [0.1, 0.15) is 0 Å². The lowest BCUT2D eigenvalue weighted by Gasteiger charge is -2.13. The van der Waals surface area contributed by atoms with Crippen LogP contribution in [0, 0.1) is 10.1 Å². The van der Waals surface area contributed by atoms with Gasteiger partial charge in [0.2, 0.25) is 0 Å². The van der Waals surface area contributed by atoms with Gasteiger partial charge in [0.15, 0.2) is 0 Å². The first-order valence-electron chi connectivity index (χ1n) is 9.01. The number of nitrogens with zero attached hydrogens (tertiary/aromatic N) is 4. The molecule has 1 aliphatic heterocycles. The summed E-state index contributed by atoms with van der Waals surface area (Å²) in [5, 5.41) is 11.2. The fourth-order valence-corrected chi connectivity index (χ4v) is 4.64. The van der Waals surface area contributed by atoms with Crippen LogP contribution in [-0.2, 0) is 25.4 Å². The number of hydrogen-bond donors (Lipinski definition) is 0. The monoisotopic (exact) mass is 502 g/mol. The number of rotatable bonds is 4. The van der Waals surface area contributed by atoms with E-state index in [9.17, 15) is 24.5 Å². The van der Waals surface area contributed by atoms with Crippen LogP contribution in [0.2, 0.25) is 0 Å². The molecule has 158 valence electrons. The third kappa shape index (κ3) is 3.59.